The number of nitrogens with zero attached hydrogens (tertiary/aromatic N) is 1. The minimum absolute atomic E-state index is 0.272. The van der Waals surface area contributed by atoms with Gasteiger partial charge in [0.15, 0.2) is 0 Å². The lowest BCUT2D eigenvalue weighted by atomic mass is 9.88. The normalized spacial score (nSPS) is 22.2. The van der Waals surface area contributed by atoms with Crippen LogP contribution in [-0.4, -0.2) is 36.7 Å². The van der Waals surface area contributed by atoms with Gasteiger partial charge in [0.1, 0.15) is 5.75 Å². The van der Waals surface area contributed by atoms with Crippen molar-refractivity contribution in [2.24, 2.45) is 0 Å². The molecule has 1 atom stereocenters. The second-order valence-electron chi connectivity index (χ2n) is 6.15. The van der Waals surface area contributed by atoms with Crippen LogP contribution in [-0.2, 0) is 6.54 Å². The molecule has 1 aliphatic rings. The fourth-order valence-electron chi connectivity index (χ4n) is 3.40. The van der Waals surface area contributed by atoms with Crippen LogP contribution in [0.5, 0.6) is 5.75 Å². The fourth-order valence-corrected chi connectivity index (χ4v) is 3.40. The van der Waals surface area contributed by atoms with Crippen LogP contribution in [0, 0.1) is 0 Å². The van der Waals surface area contributed by atoms with E-state index in [9.17, 15) is 0 Å². The predicted octanol–water partition coefficient (Wildman–Crippen LogP) is 3.44. The SMILES string of the molecule is CCC1CNC(CC)(CC)CN1Cc1ccccc1OC. The summed E-state index contributed by atoms with van der Waals surface area (Å²) in [5.41, 5.74) is 1.56. The second-order valence-corrected chi connectivity index (χ2v) is 6.15. The van der Waals surface area contributed by atoms with Gasteiger partial charge in [-0.1, -0.05) is 39.0 Å². The molecular weight excluding hydrogens is 260 g/mol. The second kappa shape index (κ2) is 7.28. The van der Waals surface area contributed by atoms with Crippen molar-refractivity contribution in [2.45, 2.75) is 58.2 Å². The van der Waals surface area contributed by atoms with Crippen LogP contribution in [0.4, 0.5) is 0 Å². The Balaban J connectivity index is 2.17. The van der Waals surface area contributed by atoms with E-state index in [1.54, 1.807) is 7.11 Å². The Kier molecular flexibility index (Phi) is 5.65. The molecule has 1 N–H and O–H groups in total. The highest BCUT2D eigenvalue weighted by Crippen LogP contribution is 2.27. The molecule has 1 aromatic carbocycles. The van der Waals surface area contributed by atoms with Crippen LogP contribution in [0.1, 0.15) is 45.6 Å². The molecule has 0 saturated carbocycles. The number of nitrogens with one attached hydrogen (secondary N) is 1. The van der Waals surface area contributed by atoms with Gasteiger partial charge >= 0.3 is 0 Å². The van der Waals surface area contributed by atoms with Crippen molar-refractivity contribution in [1.82, 2.24) is 10.2 Å². The zero-order valence-corrected chi connectivity index (χ0v) is 14.0. The number of hydrogen-bond acceptors (Lipinski definition) is 3. The van der Waals surface area contributed by atoms with Crippen molar-refractivity contribution in [3.05, 3.63) is 29.8 Å². The standard InChI is InChI=1S/C18H30N2O/c1-5-16-12-19-18(6-2,7-3)14-20(16)13-15-10-8-9-11-17(15)21-4/h8-11,16,19H,5-7,12-14H2,1-4H3. The Morgan fingerprint density at radius 3 is 2.57 bits per heavy atom. The van der Waals surface area contributed by atoms with Gasteiger partial charge in [-0.3, -0.25) is 4.90 Å². The van der Waals surface area contributed by atoms with Crippen LogP contribution in [0.2, 0.25) is 0 Å². The summed E-state index contributed by atoms with van der Waals surface area (Å²) < 4.78 is 5.52. The first-order chi connectivity index (χ1) is 10.2. The first-order valence-electron chi connectivity index (χ1n) is 8.29. The van der Waals surface area contributed by atoms with Crippen LogP contribution in [0.3, 0.4) is 0 Å². The maximum absolute atomic E-state index is 5.52. The Hall–Kier alpha value is -1.06. The average molecular weight is 290 g/mol. The van der Waals surface area contributed by atoms with Crippen LogP contribution >= 0.6 is 0 Å². The van der Waals surface area contributed by atoms with E-state index < -0.39 is 0 Å². The highest BCUT2D eigenvalue weighted by Gasteiger charge is 2.36. The third-order valence-corrected chi connectivity index (χ3v) is 5.13. The van der Waals surface area contributed by atoms with Gasteiger partial charge in [0, 0.05) is 36.8 Å². The van der Waals surface area contributed by atoms with E-state index in [0.29, 0.717) is 6.04 Å². The summed E-state index contributed by atoms with van der Waals surface area (Å²) in [7, 11) is 1.76. The molecule has 0 bridgehead atoms. The minimum atomic E-state index is 0.272. The molecule has 1 unspecified atom stereocenters. The molecule has 3 heteroatoms. The summed E-state index contributed by atoms with van der Waals surface area (Å²) in [5.74, 6) is 1.00. The molecule has 21 heavy (non-hydrogen) atoms. The molecule has 0 radical (unpaired) electrons. The van der Waals surface area contributed by atoms with Gasteiger partial charge in [-0.15, -0.1) is 0 Å². The van der Waals surface area contributed by atoms with Crippen LogP contribution < -0.4 is 10.1 Å². The molecule has 3 nitrogen and oxygen atoms in total. The van der Waals surface area contributed by atoms with E-state index in [4.69, 9.17) is 4.74 Å². The third kappa shape index (κ3) is 3.58. The molecular formula is C18H30N2O. The Morgan fingerprint density at radius 2 is 1.95 bits per heavy atom. The van der Waals surface area contributed by atoms with Crippen molar-refractivity contribution >= 4 is 0 Å². The minimum Gasteiger partial charge on any atom is -0.496 e. The maximum Gasteiger partial charge on any atom is 0.123 e. The third-order valence-electron chi connectivity index (χ3n) is 5.13. The molecule has 1 fully saturated rings. The molecule has 0 amide bonds. The van der Waals surface area contributed by atoms with Gasteiger partial charge in [0.25, 0.3) is 0 Å². The van der Waals surface area contributed by atoms with Crippen LogP contribution in [0.15, 0.2) is 24.3 Å². The molecule has 0 aromatic heterocycles. The number of ether oxygens (including phenoxy) is 1. The quantitative estimate of drug-likeness (QED) is 0.868. The molecule has 1 aliphatic heterocycles. The maximum atomic E-state index is 5.52. The highest BCUT2D eigenvalue weighted by molar-refractivity contribution is 5.33. The molecule has 1 heterocycles. The largest absolute Gasteiger partial charge is 0.496 e. The number of benzene rings is 1. The summed E-state index contributed by atoms with van der Waals surface area (Å²) in [4.78, 5) is 2.64. The highest BCUT2D eigenvalue weighted by atomic mass is 16.5. The van der Waals surface area contributed by atoms with E-state index in [2.05, 4.69) is 49.2 Å². The van der Waals surface area contributed by atoms with Gasteiger partial charge < -0.3 is 10.1 Å². The van der Waals surface area contributed by atoms with Crippen molar-refractivity contribution < 1.29 is 4.74 Å². The topological polar surface area (TPSA) is 24.5 Å². The van der Waals surface area contributed by atoms with Crippen molar-refractivity contribution in [3.63, 3.8) is 0 Å². The summed E-state index contributed by atoms with van der Waals surface area (Å²) >= 11 is 0. The molecule has 1 saturated heterocycles. The van der Waals surface area contributed by atoms with Crippen molar-refractivity contribution in [1.29, 1.82) is 0 Å². The monoisotopic (exact) mass is 290 g/mol. The van der Waals surface area contributed by atoms with Gasteiger partial charge in [-0.25, -0.2) is 0 Å². The Labute approximate surface area is 129 Å². The van der Waals surface area contributed by atoms with E-state index in [1.165, 1.54) is 24.8 Å². The van der Waals surface area contributed by atoms with Gasteiger partial charge in [0.2, 0.25) is 0 Å². The average Bonchev–Trinajstić information content (AvgIpc) is 2.55. The van der Waals surface area contributed by atoms with E-state index in [0.717, 1.165) is 25.4 Å². The Morgan fingerprint density at radius 1 is 1.24 bits per heavy atom. The van der Waals surface area contributed by atoms with E-state index in [-0.39, 0.29) is 5.54 Å². The molecule has 0 aliphatic carbocycles. The number of methoxy groups -OCH3 is 1. The number of piperazine rings is 1. The lowest BCUT2D eigenvalue weighted by Crippen LogP contribution is -2.63. The number of rotatable bonds is 6. The Bertz CT molecular complexity index is 443. The first-order valence-corrected chi connectivity index (χ1v) is 8.29. The van der Waals surface area contributed by atoms with Gasteiger partial charge in [-0.2, -0.15) is 0 Å². The van der Waals surface area contributed by atoms with Crippen molar-refractivity contribution in [2.75, 3.05) is 20.2 Å². The van der Waals surface area contributed by atoms with Crippen molar-refractivity contribution in [3.8, 4) is 5.75 Å². The lowest BCUT2D eigenvalue weighted by molar-refractivity contribution is 0.0637. The number of hydrogen-bond donors (Lipinski definition) is 1. The summed E-state index contributed by atoms with van der Waals surface area (Å²) in [5, 5.41) is 3.80. The summed E-state index contributed by atoms with van der Waals surface area (Å²) in [6, 6.07) is 9.01. The van der Waals surface area contributed by atoms with E-state index >= 15 is 0 Å². The first kappa shape index (κ1) is 16.3. The molecule has 1 aromatic rings. The molecule has 118 valence electrons. The van der Waals surface area contributed by atoms with Crippen LogP contribution in [0.25, 0.3) is 0 Å². The molecule has 0 spiro atoms. The zero-order chi connectivity index (χ0) is 15.3. The molecule has 2 rings (SSSR count). The zero-order valence-electron chi connectivity index (χ0n) is 14.0. The van der Waals surface area contributed by atoms with Gasteiger partial charge in [-0.05, 0) is 25.3 Å². The smallest absolute Gasteiger partial charge is 0.123 e. The van der Waals surface area contributed by atoms with E-state index in [1.807, 2.05) is 6.07 Å². The fraction of sp³-hybridized carbons (Fsp3) is 0.667. The summed E-state index contributed by atoms with van der Waals surface area (Å²) in [6.45, 7) is 10.1. The summed E-state index contributed by atoms with van der Waals surface area (Å²) in [6.07, 6.45) is 3.55. The lowest BCUT2D eigenvalue weighted by Gasteiger charge is -2.47. The predicted molar refractivity (Wildman–Crippen MR) is 88.8 cm³/mol. The van der Waals surface area contributed by atoms with Gasteiger partial charge in [0.05, 0.1) is 7.11 Å². The number of para-hydroxylation sites is 1.